The van der Waals surface area contributed by atoms with Crippen molar-refractivity contribution in [3.8, 4) is 0 Å². The summed E-state index contributed by atoms with van der Waals surface area (Å²) in [6.07, 6.45) is -0.132. The topological polar surface area (TPSA) is 67.4 Å². The van der Waals surface area contributed by atoms with Crippen LogP contribution >= 0.6 is 0 Å². The van der Waals surface area contributed by atoms with Crippen molar-refractivity contribution in [2.45, 2.75) is 25.3 Å². The van der Waals surface area contributed by atoms with E-state index in [2.05, 4.69) is 10.0 Å². The Kier molecular flexibility index (Phi) is 6.44. The van der Waals surface area contributed by atoms with Crippen LogP contribution in [0.2, 0.25) is 0 Å². The van der Waals surface area contributed by atoms with Crippen LogP contribution in [0.25, 0.3) is 0 Å². The van der Waals surface area contributed by atoms with Crippen molar-refractivity contribution in [1.82, 2.24) is 10.0 Å². The molecule has 19 heavy (non-hydrogen) atoms. The van der Waals surface area contributed by atoms with Gasteiger partial charge in [-0.05, 0) is 25.1 Å². The minimum atomic E-state index is -3.31. The fourth-order valence-corrected chi connectivity index (χ4v) is 2.78. The lowest BCUT2D eigenvalue weighted by Crippen LogP contribution is -2.32. The monoisotopic (exact) mass is 286 g/mol. The van der Waals surface area contributed by atoms with E-state index in [-0.39, 0.29) is 18.4 Å². The molecule has 2 N–H and O–H groups in total. The van der Waals surface area contributed by atoms with Gasteiger partial charge in [-0.25, -0.2) is 13.1 Å². The molecular formula is C13H22N2O3S. The Balaban J connectivity index is 2.57. The maximum absolute atomic E-state index is 11.9. The van der Waals surface area contributed by atoms with Crippen LogP contribution < -0.4 is 10.0 Å². The van der Waals surface area contributed by atoms with Crippen molar-refractivity contribution < 1.29 is 13.2 Å². The smallest absolute Gasteiger partial charge is 0.215 e. The van der Waals surface area contributed by atoms with E-state index in [0.717, 1.165) is 17.7 Å². The van der Waals surface area contributed by atoms with E-state index in [1.54, 1.807) is 7.11 Å². The predicted octanol–water partition coefficient (Wildman–Crippen LogP) is 0.860. The third-order valence-corrected chi connectivity index (χ3v) is 4.07. The molecule has 0 heterocycles. The summed E-state index contributed by atoms with van der Waals surface area (Å²) in [6.45, 7) is 2.88. The van der Waals surface area contributed by atoms with Crippen molar-refractivity contribution in [3.63, 3.8) is 0 Å². The van der Waals surface area contributed by atoms with Gasteiger partial charge >= 0.3 is 0 Å². The molecule has 1 aromatic rings. The van der Waals surface area contributed by atoms with Crippen molar-refractivity contribution in [2.75, 3.05) is 20.7 Å². The molecule has 0 aliphatic rings. The average molecular weight is 286 g/mol. The Labute approximate surface area is 115 Å². The van der Waals surface area contributed by atoms with Crippen molar-refractivity contribution in [1.29, 1.82) is 0 Å². The minimum absolute atomic E-state index is 0.0106. The van der Waals surface area contributed by atoms with E-state index in [1.807, 2.05) is 38.2 Å². The number of hydrogen-bond donors (Lipinski definition) is 2. The number of hydrogen-bond acceptors (Lipinski definition) is 4. The van der Waals surface area contributed by atoms with Gasteiger partial charge in [-0.1, -0.05) is 24.3 Å². The molecule has 0 saturated carbocycles. The molecule has 0 fully saturated rings. The predicted molar refractivity (Wildman–Crippen MR) is 76.3 cm³/mol. The quantitative estimate of drug-likeness (QED) is 0.744. The standard InChI is InChI=1S/C13H22N2O3S/c1-11(18-3)8-15-19(16,17)10-13-6-4-12(5-7-13)9-14-2/h4-7,11,14-15H,8-10H2,1-3H3. The molecule has 6 heteroatoms. The number of nitrogens with one attached hydrogen (secondary N) is 2. The zero-order valence-corrected chi connectivity index (χ0v) is 12.5. The highest BCUT2D eigenvalue weighted by Gasteiger charge is 2.12. The Morgan fingerprint density at radius 1 is 1.21 bits per heavy atom. The number of sulfonamides is 1. The van der Waals surface area contributed by atoms with E-state index in [4.69, 9.17) is 4.74 Å². The zero-order valence-electron chi connectivity index (χ0n) is 11.6. The number of rotatable bonds is 8. The molecule has 1 unspecified atom stereocenters. The maximum atomic E-state index is 11.9. The normalized spacial score (nSPS) is 13.4. The van der Waals surface area contributed by atoms with E-state index in [9.17, 15) is 8.42 Å². The molecule has 0 aliphatic heterocycles. The Bertz CT molecular complexity index is 471. The highest BCUT2D eigenvalue weighted by atomic mass is 32.2. The van der Waals surface area contributed by atoms with E-state index in [0.29, 0.717) is 0 Å². The Morgan fingerprint density at radius 3 is 2.32 bits per heavy atom. The number of methoxy groups -OCH3 is 1. The molecular weight excluding hydrogens is 264 g/mol. The van der Waals surface area contributed by atoms with Gasteiger partial charge in [-0.3, -0.25) is 0 Å². The summed E-state index contributed by atoms with van der Waals surface area (Å²) in [5.41, 5.74) is 1.90. The van der Waals surface area contributed by atoms with Crippen LogP contribution in [0.15, 0.2) is 24.3 Å². The second kappa shape index (κ2) is 7.59. The summed E-state index contributed by atoms with van der Waals surface area (Å²) in [5.74, 6) is -0.0106. The van der Waals surface area contributed by atoms with Crippen LogP contribution in [0, 0.1) is 0 Å². The molecule has 0 saturated heterocycles. The minimum Gasteiger partial charge on any atom is -0.380 e. The first kappa shape index (κ1) is 16.1. The van der Waals surface area contributed by atoms with Gasteiger partial charge in [0.2, 0.25) is 10.0 Å². The van der Waals surface area contributed by atoms with E-state index >= 15 is 0 Å². The third kappa shape index (κ3) is 6.15. The van der Waals surface area contributed by atoms with E-state index in [1.165, 1.54) is 0 Å². The molecule has 0 aromatic heterocycles. The first-order valence-electron chi connectivity index (χ1n) is 6.19. The molecule has 1 atom stereocenters. The highest BCUT2D eigenvalue weighted by molar-refractivity contribution is 7.88. The van der Waals surface area contributed by atoms with Gasteiger partial charge in [0, 0.05) is 20.2 Å². The highest BCUT2D eigenvalue weighted by Crippen LogP contribution is 2.08. The second-order valence-electron chi connectivity index (χ2n) is 4.50. The molecule has 0 amide bonds. The molecule has 0 bridgehead atoms. The van der Waals surface area contributed by atoms with Gasteiger partial charge in [0.15, 0.2) is 0 Å². The number of benzene rings is 1. The summed E-state index contributed by atoms with van der Waals surface area (Å²) in [6, 6.07) is 7.54. The molecule has 1 aromatic carbocycles. The summed E-state index contributed by atoms with van der Waals surface area (Å²) in [4.78, 5) is 0. The van der Waals surface area contributed by atoms with Gasteiger partial charge in [0.1, 0.15) is 0 Å². The fourth-order valence-electron chi connectivity index (χ4n) is 1.56. The van der Waals surface area contributed by atoms with Crippen LogP contribution in [0.1, 0.15) is 18.1 Å². The molecule has 5 nitrogen and oxygen atoms in total. The third-order valence-electron chi connectivity index (χ3n) is 2.75. The van der Waals surface area contributed by atoms with Crippen LogP contribution in [-0.4, -0.2) is 35.2 Å². The number of ether oxygens (including phenoxy) is 1. The maximum Gasteiger partial charge on any atom is 0.215 e. The van der Waals surface area contributed by atoms with E-state index < -0.39 is 10.0 Å². The molecule has 0 radical (unpaired) electrons. The summed E-state index contributed by atoms with van der Waals surface area (Å²) in [5, 5.41) is 3.05. The van der Waals surface area contributed by atoms with Gasteiger partial charge in [-0.15, -0.1) is 0 Å². The zero-order chi connectivity index (χ0) is 14.3. The van der Waals surface area contributed by atoms with Gasteiger partial charge in [0.05, 0.1) is 11.9 Å². The molecule has 0 aliphatic carbocycles. The van der Waals surface area contributed by atoms with Gasteiger partial charge < -0.3 is 10.1 Å². The average Bonchev–Trinajstić information content (AvgIpc) is 2.38. The largest absolute Gasteiger partial charge is 0.380 e. The molecule has 0 spiro atoms. The van der Waals surface area contributed by atoms with Crippen molar-refractivity contribution in [3.05, 3.63) is 35.4 Å². The summed E-state index contributed by atoms with van der Waals surface area (Å²) in [7, 11) is 0.119. The van der Waals surface area contributed by atoms with Crippen molar-refractivity contribution in [2.24, 2.45) is 0 Å². The van der Waals surface area contributed by atoms with Gasteiger partial charge in [0.25, 0.3) is 0 Å². The lowest BCUT2D eigenvalue weighted by atomic mass is 10.1. The Morgan fingerprint density at radius 2 is 1.79 bits per heavy atom. The lowest BCUT2D eigenvalue weighted by molar-refractivity contribution is 0.122. The SMILES string of the molecule is CNCc1ccc(CS(=O)(=O)NCC(C)OC)cc1. The summed E-state index contributed by atoms with van der Waals surface area (Å²) >= 11 is 0. The summed E-state index contributed by atoms with van der Waals surface area (Å²) < 4.78 is 31.2. The van der Waals surface area contributed by atoms with Crippen LogP contribution in [-0.2, 0) is 27.1 Å². The lowest BCUT2D eigenvalue weighted by Gasteiger charge is -2.11. The molecule has 108 valence electrons. The molecule has 1 rings (SSSR count). The first-order chi connectivity index (χ1) is 8.96. The Hall–Kier alpha value is -0.950. The van der Waals surface area contributed by atoms with Crippen LogP contribution in [0.4, 0.5) is 0 Å². The van der Waals surface area contributed by atoms with Crippen LogP contribution in [0.3, 0.4) is 0 Å². The first-order valence-corrected chi connectivity index (χ1v) is 7.84. The van der Waals surface area contributed by atoms with Gasteiger partial charge in [-0.2, -0.15) is 0 Å². The second-order valence-corrected chi connectivity index (χ2v) is 6.31. The van der Waals surface area contributed by atoms with Crippen LogP contribution in [0.5, 0.6) is 0 Å². The fraction of sp³-hybridized carbons (Fsp3) is 0.538. The van der Waals surface area contributed by atoms with Crippen molar-refractivity contribution >= 4 is 10.0 Å².